The standard InChI is InChI=1S/C18H16F3N3O/c1-18(20,21)14-9-13(4-5-15(14)19)17-16(25-2)8-12(10-22-17)11-24-7-3-6-23-24/h3-10H,11H2,1-2H3. The van der Waals surface area contributed by atoms with Crippen LogP contribution in [0.1, 0.15) is 18.1 Å². The van der Waals surface area contributed by atoms with Crippen LogP contribution in [0.15, 0.2) is 48.9 Å². The smallest absolute Gasteiger partial charge is 0.273 e. The lowest BCUT2D eigenvalue weighted by Gasteiger charge is -2.15. The summed E-state index contributed by atoms with van der Waals surface area (Å²) in [7, 11) is 1.47. The van der Waals surface area contributed by atoms with Crippen LogP contribution < -0.4 is 4.74 Å². The zero-order valence-corrected chi connectivity index (χ0v) is 13.7. The van der Waals surface area contributed by atoms with E-state index in [0.717, 1.165) is 17.7 Å². The molecule has 7 heteroatoms. The van der Waals surface area contributed by atoms with Crippen LogP contribution in [0.5, 0.6) is 5.75 Å². The maximum atomic E-state index is 13.7. The van der Waals surface area contributed by atoms with Crippen LogP contribution in [0.3, 0.4) is 0 Å². The molecule has 0 aliphatic rings. The Bertz CT molecular complexity index is 874. The lowest BCUT2D eigenvalue weighted by Crippen LogP contribution is -2.10. The van der Waals surface area contributed by atoms with Crippen molar-refractivity contribution in [2.24, 2.45) is 0 Å². The monoisotopic (exact) mass is 347 g/mol. The number of rotatable bonds is 5. The molecule has 2 heterocycles. The van der Waals surface area contributed by atoms with Gasteiger partial charge in [0.1, 0.15) is 17.3 Å². The van der Waals surface area contributed by atoms with Gasteiger partial charge in [0, 0.05) is 31.1 Å². The van der Waals surface area contributed by atoms with Crippen LogP contribution in [0.25, 0.3) is 11.3 Å². The summed E-state index contributed by atoms with van der Waals surface area (Å²) in [4.78, 5) is 4.32. The fraction of sp³-hybridized carbons (Fsp3) is 0.222. The minimum atomic E-state index is -3.28. The van der Waals surface area contributed by atoms with Gasteiger partial charge in [0.2, 0.25) is 0 Å². The molecule has 3 aromatic rings. The molecule has 130 valence electrons. The van der Waals surface area contributed by atoms with E-state index in [9.17, 15) is 13.2 Å². The number of hydrogen-bond acceptors (Lipinski definition) is 3. The van der Waals surface area contributed by atoms with Crippen LogP contribution in [0.4, 0.5) is 13.2 Å². The summed E-state index contributed by atoms with van der Waals surface area (Å²) in [5.41, 5.74) is 0.902. The Kier molecular flexibility index (Phi) is 4.48. The molecule has 3 rings (SSSR count). The Balaban J connectivity index is 2.00. The molecule has 0 bridgehead atoms. The number of alkyl halides is 2. The average Bonchev–Trinajstić information content (AvgIpc) is 3.07. The SMILES string of the molecule is COc1cc(Cn2cccn2)cnc1-c1ccc(F)c(C(C)(F)F)c1. The number of aromatic nitrogens is 3. The second kappa shape index (κ2) is 6.58. The van der Waals surface area contributed by atoms with Gasteiger partial charge < -0.3 is 4.74 Å². The van der Waals surface area contributed by atoms with Crippen molar-refractivity contribution >= 4 is 0 Å². The molecule has 0 saturated carbocycles. The predicted molar refractivity (Wildman–Crippen MR) is 87.1 cm³/mol. The molecule has 0 radical (unpaired) electrons. The van der Waals surface area contributed by atoms with Gasteiger partial charge in [0.05, 0.1) is 19.2 Å². The summed E-state index contributed by atoms with van der Waals surface area (Å²) in [5.74, 6) is -3.82. The highest BCUT2D eigenvalue weighted by Crippen LogP contribution is 2.35. The molecule has 0 unspecified atom stereocenters. The van der Waals surface area contributed by atoms with Gasteiger partial charge in [-0.2, -0.15) is 5.10 Å². The summed E-state index contributed by atoms with van der Waals surface area (Å²) in [6.45, 7) is 1.16. The van der Waals surface area contributed by atoms with Gasteiger partial charge in [-0.05, 0) is 35.9 Å². The second-order valence-electron chi connectivity index (χ2n) is 5.68. The van der Waals surface area contributed by atoms with E-state index in [0.29, 0.717) is 30.5 Å². The number of benzene rings is 1. The first-order chi connectivity index (χ1) is 11.9. The number of pyridine rings is 1. The zero-order valence-electron chi connectivity index (χ0n) is 13.7. The topological polar surface area (TPSA) is 39.9 Å². The summed E-state index contributed by atoms with van der Waals surface area (Å²) in [6.07, 6.45) is 5.10. The summed E-state index contributed by atoms with van der Waals surface area (Å²) < 4.78 is 47.9. The lowest BCUT2D eigenvalue weighted by atomic mass is 10.0. The molecule has 2 aromatic heterocycles. The molecule has 0 fully saturated rings. The fourth-order valence-electron chi connectivity index (χ4n) is 2.53. The first-order valence-electron chi connectivity index (χ1n) is 7.57. The minimum absolute atomic E-state index is 0.361. The summed E-state index contributed by atoms with van der Waals surface area (Å²) in [5, 5.41) is 4.12. The van der Waals surface area contributed by atoms with E-state index >= 15 is 0 Å². The van der Waals surface area contributed by atoms with Crippen molar-refractivity contribution in [3.63, 3.8) is 0 Å². The lowest BCUT2D eigenvalue weighted by molar-refractivity contribution is 0.0138. The minimum Gasteiger partial charge on any atom is -0.494 e. The van der Waals surface area contributed by atoms with E-state index in [1.54, 1.807) is 23.1 Å². The van der Waals surface area contributed by atoms with Gasteiger partial charge in [-0.15, -0.1) is 0 Å². The molecule has 0 aliphatic carbocycles. The van der Waals surface area contributed by atoms with E-state index < -0.39 is 17.3 Å². The average molecular weight is 347 g/mol. The number of nitrogens with zero attached hydrogens (tertiary/aromatic N) is 3. The Morgan fingerprint density at radius 2 is 2.04 bits per heavy atom. The van der Waals surface area contributed by atoms with Gasteiger partial charge >= 0.3 is 0 Å². The van der Waals surface area contributed by atoms with Crippen molar-refractivity contribution in [1.29, 1.82) is 0 Å². The first-order valence-corrected chi connectivity index (χ1v) is 7.57. The Labute approximate surface area is 142 Å². The second-order valence-corrected chi connectivity index (χ2v) is 5.68. The number of ether oxygens (including phenoxy) is 1. The van der Waals surface area contributed by atoms with Crippen LogP contribution in [0, 0.1) is 5.82 Å². The van der Waals surface area contributed by atoms with Crippen LogP contribution in [-0.2, 0) is 12.5 Å². The molecular formula is C18H16F3N3O. The third-order valence-electron chi connectivity index (χ3n) is 3.75. The predicted octanol–water partition coefficient (Wildman–Crippen LogP) is 4.25. The molecule has 25 heavy (non-hydrogen) atoms. The van der Waals surface area contributed by atoms with Crippen molar-refractivity contribution < 1.29 is 17.9 Å². The Hall–Kier alpha value is -2.83. The molecule has 0 spiro atoms. The normalized spacial score (nSPS) is 11.6. The van der Waals surface area contributed by atoms with Gasteiger partial charge in [-0.3, -0.25) is 9.67 Å². The first kappa shape index (κ1) is 17.0. The van der Waals surface area contributed by atoms with E-state index in [1.807, 2.05) is 12.3 Å². The van der Waals surface area contributed by atoms with Crippen LogP contribution in [0.2, 0.25) is 0 Å². The maximum absolute atomic E-state index is 13.7. The molecular weight excluding hydrogens is 331 g/mol. The fourth-order valence-corrected chi connectivity index (χ4v) is 2.53. The highest BCUT2D eigenvalue weighted by atomic mass is 19.3. The number of hydrogen-bond donors (Lipinski definition) is 0. The summed E-state index contributed by atoms with van der Waals surface area (Å²) >= 11 is 0. The highest BCUT2D eigenvalue weighted by Gasteiger charge is 2.29. The highest BCUT2D eigenvalue weighted by molar-refractivity contribution is 5.67. The van der Waals surface area contributed by atoms with E-state index in [-0.39, 0.29) is 0 Å². The largest absolute Gasteiger partial charge is 0.494 e. The quantitative estimate of drug-likeness (QED) is 0.693. The molecule has 0 aliphatic heterocycles. The van der Waals surface area contributed by atoms with Gasteiger partial charge in [0.25, 0.3) is 5.92 Å². The number of halogens is 3. The third-order valence-corrected chi connectivity index (χ3v) is 3.75. The van der Waals surface area contributed by atoms with E-state index in [1.165, 1.54) is 13.2 Å². The van der Waals surface area contributed by atoms with Gasteiger partial charge in [-0.1, -0.05) is 0 Å². The van der Waals surface area contributed by atoms with Crippen molar-refractivity contribution in [3.05, 3.63) is 65.9 Å². The Morgan fingerprint density at radius 1 is 1.24 bits per heavy atom. The van der Waals surface area contributed by atoms with Crippen LogP contribution in [-0.4, -0.2) is 21.9 Å². The maximum Gasteiger partial charge on any atom is 0.273 e. The van der Waals surface area contributed by atoms with E-state index in [4.69, 9.17) is 4.74 Å². The van der Waals surface area contributed by atoms with E-state index in [2.05, 4.69) is 10.1 Å². The molecule has 0 saturated heterocycles. The Morgan fingerprint density at radius 3 is 2.68 bits per heavy atom. The van der Waals surface area contributed by atoms with Crippen molar-refractivity contribution in [1.82, 2.24) is 14.8 Å². The number of methoxy groups -OCH3 is 1. The summed E-state index contributed by atoms with van der Waals surface area (Å²) in [6, 6.07) is 7.10. The molecule has 0 N–H and O–H groups in total. The molecule has 0 atom stereocenters. The van der Waals surface area contributed by atoms with Gasteiger partial charge in [0.15, 0.2) is 0 Å². The van der Waals surface area contributed by atoms with Crippen molar-refractivity contribution in [3.8, 4) is 17.0 Å². The van der Waals surface area contributed by atoms with Crippen molar-refractivity contribution in [2.45, 2.75) is 19.4 Å². The molecule has 4 nitrogen and oxygen atoms in total. The molecule has 1 aromatic carbocycles. The van der Waals surface area contributed by atoms with Crippen LogP contribution >= 0.6 is 0 Å². The zero-order chi connectivity index (χ0) is 18.0. The molecule has 0 amide bonds. The van der Waals surface area contributed by atoms with Crippen molar-refractivity contribution in [2.75, 3.05) is 7.11 Å². The van der Waals surface area contributed by atoms with Gasteiger partial charge in [-0.25, -0.2) is 13.2 Å². The third kappa shape index (κ3) is 3.65.